The van der Waals surface area contributed by atoms with Crippen molar-refractivity contribution in [1.82, 2.24) is 24.3 Å². The summed E-state index contributed by atoms with van der Waals surface area (Å²) in [4.78, 5) is 18.7. The van der Waals surface area contributed by atoms with Crippen LogP contribution in [0.15, 0.2) is 42.7 Å². The summed E-state index contributed by atoms with van der Waals surface area (Å²) >= 11 is 0. The normalized spacial score (nSPS) is 18.6. The number of imidazole rings is 1. The van der Waals surface area contributed by atoms with Crippen LogP contribution in [0.25, 0.3) is 27.7 Å². The lowest BCUT2D eigenvalue weighted by Gasteiger charge is -2.35. The van der Waals surface area contributed by atoms with Crippen molar-refractivity contribution in [2.45, 2.75) is 39.4 Å². The van der Waals surface area contributed by atoms with E-state index in [0.717, 1.165) is 65.4 Å². The molecule has 0 amide bonds. The first-order chi connectivity index (χ1) is 16.9. The van der Waals surface area contributed by atoms with Gasteiger partial charge in [-0.2, -0.15) is 0 Å². The van der Waals surface area contributed by atoms with Crippen molar-refractivity contribution in [2.75, 3.05) is 45.2 Å². The van der Waals surface area contributed by atoms with Crippen LogP contribution >= 0.6 is 0 Å². The SMILES string of the molecule is Cc1nc(N2C[C@@H](C)O[C@@H](C)C2)n2c1cnc1ccc(-c3ccc(OCCCN(C)C)nc3)cc12. The number of aromatic nitrogens is 4. The number of pyridine rings is 1. The van der Waals surface area contributed by atoms with Crippen molar-refractivity contribution < 1.29 is 9.47 Å². The summed E-state index contributed by atoms with van der Waals surface area (Å²) in [6.45, 7) is 9.56. The Labute approximate surface area is 206 Å². The summed E-state index contributed by atoms with van der Waals surface area (Å²) in [5, 5.41) is 0. The maximum absolute atomic E-state index is 5.96. The summed E-state index contributed by atoms with van der Waals surface area (Å²) in [7, 11) is 4.13. The second kappa shape index (κ2) is 9.79. The average molecular weight is 475 g/mol. The Kier molecular flexibility index (Phi) is 6.58. The van der Waals surface area contributed by atoms with Crippen LogP contribution in [-0.2, 0) is 4.74 Å². The molecule has 2 atom stereocenters. The number of anilines is 1. The lowest BCUT2D eigenvalue weighted by molar-refractivity contribution is -0.00573. The fourth-order valence-corrected chi connectivity index (χ4v) is 4.78. The highest BCUT2D eigenvalue weighted by molar-refractivity contribution is 5.85. The number of hydrogen-bond donors (Lipinski definition) is 0. The molecule has 1 saturated heterocycles. The number of nitrogens with zero attached hydrogens (tertiary/aromatic N) is 6. The molecule has 8 heteroatoms. The van der Waals surface area contributed by atoms with E-state index in [-0.39, 0.29) is 12.2 Å². The second-order valence-corrected chi connectivity index (χ2v) is 9.73. The van der Waals surface area contributed by atoms with E-state index in [0.29, 0.717) is 12.5 Å². The predicted molar refractivity (Wildman–Crippen MR) is 139 cm³/mol. The number of hydrogen-bond acceptors (Lipinski definition) is 7. The number of rotatable bonds is 7. The lowest BCUT2D eigenvalue weighted by Crippen LogP contribution is -2.46. The molecule has 0 N–H and O–H groups in total. The third kappa shape index (κ3) is 4.94. The highest BCUT2D eigenvalue weighted by Gasteiger charge is 2.26. The van der Waals surface area contributed by atoms with Gasteiger partial charge in [-0.15, -0.1) is 0 Å². The van der Waals surface area contributed by atoms with Crippen LogP contribution in [0.1, 0.15) is 26.0 Å². The molecule has 1 fully saturated rings. The van der Waals surface area contributed by atoms with Gasteiger partial charge in [-0.3, -0.25) is 9.38 Å². The zero-order chi connectivity index (χ0) is 24.5. The Morgan fingerprint density at radius 1 is 1.00 bits per heavy atom. The van der Waals surface area contributed by atoms with Crippen molar-refractivity contribution in [3.8, 4) is 17.0 Å². The Morgan fingerprint density at radius 2 is 1.77 bits per heavy atom. The van der Waals surface area contributed by atoms with E-state index in [1.165, 1.54) is 0 Å². The van der Waals surface area contributed by atoms with Gasteiger partial charge < -0.3 is 19.3 Å². The van der Waals surface area contributed by atoms with E-state index in [2.05, 4.69) is 71.4 Å². The zero-order valence-corrected chi connectivity index (χ0v) is 21.2. The van der Waals surface area contributed by atoms with E-state index in [1.54, 1.807) is 0 Å². The molecule has 0 bridgehead atoms. The lowest BCUT2D eigenvalue weighted by atomic mass is 10.1. The van der Waals surface area contributed by atoms with Gasteiger partial charge in [0.2, 0.25) is 11.8 Å². The topological polar surface area (TPSA) is 68.0 Å². The fraction of sp³-hybridized carbons (Fsp3) is 0.444. The van der Waals surface area contributed by atoms with Crippen LogP contribution in [0, 0.1) is 6.92 Å². The molecule has 0 aliphatic carbocycles. The van der Waals surface area contributed by atoms with Crippen LogP contribution in [0.4, 0.5) is 5.95 Å². The molecule has 0 radical (unpaired) electrons. The van der Waals surface area contributed by atoms with Crippen LogP contribution in [0.5, 0.6) is 5.88 Å². The molecule has 0 unspecified atom stereocenters. The van der Waals surface area contributed by atoms with Crippen molar-refractivity contribution in [3.05, 3.63) is 48.4 Å². The molecule has 4 aromatic rings. The first-order valence-corrected chi connectivity index (χ1v) is 12.3. The molecular weight excluding hydrogens is 440 g/mol. The third-order valence-electron chi connectivity index (χ3n) is 6.39. The third-order valence-corrected chi connectivity index (χ3v) is 6.39. The van der Waals surface area contributed by atoms with E-state index < -0.39 is 0 Å². The van der Waals surface area contributed by atoms with Crippen LogP contribution < -0.4 is 9.64 Å². The van der Waals surface area contributed by atoms with Gasteiger partial charge in [-0.05, 0) is 65.0 Å². The zero-order valence-electron chi connectivity index (χ0n) is 21.2. The van der Waals surface area contributed by atoms with Gasteiger partial charge in [0.15, 0.2) is 0 Å². The van der Waals surface area contributed by atoms with Gasteiger partial charge in [-0.1, -0.05) is 6.07 Å². The Balaban J connectivity index is 1.48. The number of benzene rings is 1. The Bertz CT molecular complexity index is 1310. The van der Waals surface area contributed by atoms with E-state index in [1.807, 2.05) is 25.4 Å². The van der Waals surface area contributed by atoms with Crippen molar-refractivity contribution in [3.63, 3.8) is 0 Å². The predicted octanol–water partition coefficient (Wildman–Crippen LogP) is 4.20. The van der Waals surface area contributed by atoms with Crippen LogP contribution in [-0.4, -0.2) is 76.8 Å². The van der Waals surface area contributed by atoms with Gasteiger partial charge >= 0.3 is 0 Å². The van der Waals surface area contributed by atoms with Gasteiger partial charge in [-0.25, -0.2) is 9.97 Å². The number of ether oxygens (including phenoxy) is 2. The highest BCUT2D eigenvalue weighted by atomic mass is 16.5. The maximum Gasteiger partial charge on any atom is 0.213 e. The molecule has 0 spiro atoms. The van der Waals surface area contributed by atoms with Gasteiger partial charge in [0, 0.05) is 37.5 Å². The fourth-order valence-electron chi connectivity index (χ4n) is 4.78. The van der Waals surface area contributed by atoms with Gasteiger partial charge in [0.25, 0.3) is 0 Å². The molecule has 1 aliphatic rings. The molecule has 4 heterocycles. The molecule has 35 heavy (non-hydrogen) atoms. The highest BCUT2D eigenvalue weighted by Crippen LogP contribution is 2.30. The number of fused-ring (bicyclic) bond motifs is 3. The smallest absolute Gasteiger partial charge is 0.213 e. The van der Waals surface area contributed by atoms with Crippen LogP contribution in [0.3, 0.4) is 0 Å². The molecule has 3 aromatic heterocycles. The minimum absolute atomic E-state index is 0.157. The molecule has 0 saturated carbocycles. The minimum atomic E-state index is 0.157. The van der Waals surface area contributed by atoms with E-state index in [4.69, 9.17) is 19.4 Å². The first kappa shape index (κ1) is 23.5. The summed E-state index contributed by atoms with van der Waals surface area (Å²) in [5.74, 6) is 1.60. The molecule has 184 valence electrons. The molecule has 5 rings (SSSR count). The summed E-state index contributed by atoms with van der Waals surface area (Å²) in [5.41, 5.74) is 6.09. The second-order valence-electron chi connectivity index (χ2n) is 9.73. The van der Waals surface area contributed by atoms with Crippen molar-refractivity contribution in [1.29, 1.82) is 0 Å². The molecular formula is C27H34N6O2. The Hall–Kier alpha value is -3.23. The minimum Gasteiger partial charge on any atom is -0.478 e. The summed E-state index contributed by atoms with van der Waals surface area (Å²) in [6.07, 6.45) is 5.08. The Morgan fingerprint density at radius 3 is 2.49 bits per heavy atom. The van der Waals surface area contributed by atoms with Crippen LogP contribution in [0.2, 0.25) is 0 Å². The molecule has 1 aliphatic heterocycles. The monoisotopic (exact) mass is 474 g/mol. The van der Waals surface area contributed by atoms with Gasteiger partial charge in [0.05, 0.1) is 47.3 Å². The number of morpholine rings is 1. The number of aryl methyl sites for hydroxylation is 1. The quantitative estimate of drug-likeness (QED) is 0.372. The standard InChI is InChI=1S/C27H34N6O2/c1-18-16-32(17-19(2)35-18)27-30-20(3)25-15-28-23-9-7-21(13-24(23)33(25)27)22-8-10-26(29-14-22)34-12-6-11-31(4)5/h7-10,13-15,18-19H,6,11-12,16-17H2,1-5H3/t18-,19+. The van der Waals surface area contributed by atoms with E-state index in [9.17, 15) is 0 Å². The average Bonchev–Trinajstić information content (AvgIpc) is 3.18. The molecule has 1 aromatic carbocycles. The van der Waals surface area contributed by atoms with Crippen molar-refractivity contribution in [2.24, 2.45) is 0 Å². The summed E-state index contributed by atoms with van der Waals surface area (Å²) in [6, 6.07) is 10.4. The first-order valence-electron chi connectivity index (χ1n) is 12.3. The molecule has 8 nitrogen and oxygen atoms in total. The maximum atomic E-state index is 5.96. The van der Waals surface area contributed by atoms with E-state index >= 15 is 0 Å². The largest absolute Gasteiger partial charge is 0.478 e. The summed E-state index contributed by atoms with van der Waals surface area (Å²) < 4.78 is 14.0. The van der Waals surface area contributed by atoms with Crippen molar-refractivity contribution >= 4 is 22.5 Å². The van der Waals surface area contributed by atoms with Gasteiger partial charge in [0.1, 0.15) is 0 Å².